The van der Waals surface area contributed by atoms with Crippen molar-refractivity contribution in [3.05, 3.63) is 83.2 Å². The number of nitrogens with zero attached hydrogens (tertiary/aromatic N) is 2. The molecule has 0 saturated heterocycles. The number of alkyl halides is 2. The standard InChI is InChI=1S/C22H18F2N4O3/c23-21(24)31-17-8-9-18(16(10-17)7-6-14-11-26-22(25)27-12-14)20(30)28-19(13-29)15-4-2-1-3-5-15/h1-5,8-12,19,21,29H,13H2,(H,28,30)(H2,25,26,27)/t19-/m1/s1. The molecule has 0 unspecified atom stereocenters. The Bertz CT molecular complexity index is 1100. The fourth-order valence-corrected chi connectivity index (χ4v) is 2.70. The zero-order valence-electron chi connectivity index (χ0n) is 16.1. The van der Waals surface area contributed by atoms with E-state index in [1.807, 2.05) is 6.07 Å². The van der Waals surface area contributed by atoms with Crippen molar-refractivity contribution in [2.45, 2.75) is 12.7 Å². The van der Waals surface area contributed by atoms with Gasteiger partial charge in [-0.15, -0.1) is 0 Å². The van der Waals surface area contributed by atoms with E-state index in [0.29, 0.717) is 11.1 Å². The Morgan fingerprint density at radius 3 is 2.48 bits per heavy atom. The highest BCUT2D eigenvalue weighted by Crippen LogP contribution is 2.21. The van der Waals surface area contributed by atoms with Gasteiger partial charge in [0.15, 0.2) is 0 Å². The molecule has 1 aromatic heterocycles. The topological polar surface area (TPSA) is 110 Å². The monoisotopic (exact) mass is 424 g/mol. The largest absolute Gasteiger partial charge is 0.435 e. The molecule has 158 valence electrons. The smallest absolute Gasteiger partial charge is 0.387 e. The summed E-state index contributed by atoms with van der Waals surface area (Å²) in [6.07, 6.45) is 2.79. The molecule has 0 fully saturated rings. The van der Waals surface area contributed by atoms with E-state index in [-0.39, 0.29) is 29.4 Å². The molecular weight excluding hydrogens is 406 g/mol. The molecule has 1 atom stereocenters. The van der Waals surface area contributed by atoms with E-state index in [2.05, 4.69) is 31.9 Å². The molecular formula is C22H18F2N4O3. The number of carbonyl (C=O) groups is 1. The van der Waals surface area contributed by atoms with E-state index in [1.54, 1.807) is 24.3 Å². The molecule has 0 spiro atoms. The van der Waals surface area contributed by atoms with Crippen LogP contribution in [0.4, 0.5) is 14.7 Å². The highest BCUT2D eigenvalue weighted by molar-refractivity contribution is 5.97. The number of aromatic nitrogens is 2. The number of carbonyl (C=O) groups excluding carboxylic acids is 1. The number of aliphatic hydroxyl groups excluding tert-OH is 1. The number of nitrogens with one attached hydrogen (secondary N) is 1. The summed E-state index contributed by atoms with van der Waals surface area (Å²) < 4.78 is 29.6. The molecule has 3 aromatic rings. The number of halogens is 2. The van der Waals surface area contributed by atoms with Crippen LogP contribution in [0.2, 0.25) is 0 Å². The maximum Gasteiger partial charge on any atom is 0.387 e. The Morgan fingerprint density at radius 1 is 1.13 bits per heavy atom. The van der Waals surface area contributed by atoms with Crippen LogP contribution in [0.5, 0.6) is 5.75 Å². The Labute approximate surface area is 176 Å². The first-order chi connectivity index (χ1) is 15.0. The normalized spacial score (nSPS) is 11.4. The number of hydrogen-bond donors (Lipinski definition) is 3. The molecule has 3 rings (SSSR count). The van der Waals surface area contributed by atoms with Crippen LogP contribution >= 0.6 is 0 Å². The lowest BCUT2D eigenvalue weighted by molar-refractivity contribution is -0.0498. The van der Waals surface area contributed by atoms with Gasteiger partial charge in [0.25, 0.3) is 5.91 Å². The Kier molecular flexibility index (Phi) is 7.09. The number of nitrogen functional groups attached to an aromatic ring is 1. The summed E-state index contributed by atoms with van der Waals surface area (Å²) in [5, 5.41) is 12.4. The van der Waals surface area contributed by atoms with Gasteiger partial charge in [0.2, 0.25) is 5.95 Å². The molecule has 4 N–H and O–H groups in total. The first kappa shape index (κ1) is 21.7. The zero-order chi connectivity index (χ0) is 22.2. The summed E-state index contributed by atoms with van der Waals surface area (Å²) in [7, 11) is 0. The summed E-state index contributed by atoms with van der Waals surface area (Å²) >= 11 is 0. The lowest BCUT2D eigenvalue weighted by atomic mass is 10.0. The van der Waals surface area contributed by atoms with Crippen LogP contribution in [0.15, 0.2) is 60.9 Å². The highest BCUT2D eigenvalue weighted by atomic mass is 19.3. The van der Waals surface area contributed by atoms with Crippen molar-refractivity contribution in [2.75, 3.05) is 12.3 Å². The van der Waals surface area contributed by atoms with E-state index < -0.39 is 18.6 Å². The van der Waals surface area contributed by atoms with Crippen LogP contribution in [-0.4, -0.2) is 34.2 Å². The molecule has 2 aromatic carbocycles. The Balaban J connectivity index is 1.92. The number of rotatable bonds is 6. The van der Waals surface area contributed by atoms with Crippen LogP contribution in [-0.2, 0) is 0 Å². The number of aliphatic hydroxyl groups is 1. The maximum atomic E-state index is 12.9. The molecule has 1 amide bonds. The molecule has 0 aliphatic rings. The molecule has 9 heteroatoms. The molecule has 31 heavy (non-hydrogen) atoms. The van der Waals surface area contributed by atoms with E-state index in [4.69, 9.17) is 5.73 Å². The summed E-state index contributed by atoms with van der Waals surface area (Å²) in [4.78, 5) is 20.5. The minimum Gasteiger partial charge on any atom is -0.435 e. The second-order valence-electron chi connectivity index (χ2n) is 6.29. The predicted octanol–water partition coefficient (Wildman–Crippen LogP) is 2.52. The van der Waals surface area contributed by atoms with Crippen LogP contribution in [0.25, 0.3) is 0 Å². The van der Waals surface area contributed by atoms with E-state index in [1.165, 1.54) is 30.6 Å². The summed E-state index contributed by atoms with van der Waals surface area (Å²) in [6.45, 7) is -3.35. The second kappa shape index (κ2) is 10.1. The third kappa shape index (κ3) is 5.98. The van der Waals surface area contributed by atoms with Gasteiger partial charge in [0.05, 0.1) is 23.8 Å². The van der Waals surface area contributed by atoms with Crippen molar-refractivity contribution in [3.8, 4) is 17.6 Å². The summed E-state index contributed by atoms with van der Waals surface area (Å²) in [5.41, 5.74) is 6.84. The fourth-order valence-electron chi connectivity index (χ4n) is 2.70. The summed E-state index contributed by atoms with van der Waals surface area (Å²) in [6, 6.07) is 12.1. The third-order valence-corrected chi connectivity index (χ3v) is 4.16. The number of ether oxygens (including phenoxy) is 1. The first-order valence-electron chi connectivity index (χ1n) is 9.11. The van der Waals surface area contributed by atoms with Crippen molar-refractivity contribution in [3.63, 3.8) is 0 Å². The number of amides is 1. The van der Waals surface area contributed by atoms with Gasteiger partial charge in [-0.25, -0.2) is 9.97 Å². The minimum atomic E-state index is -3.03. The lowest BCUT2D eigenvalue weighted by Crippen LogP contribution is -2.31. The van der Waals surface area contributed by atoms with Crippen molar-refractivity contribution < 1.29 is 23.4 Å². The van der Waals surface area contributed by atoms with Crippen molar-refractivity contribution in [2.24, 2.45) is 0 Å². The fraction of sp³-hybridized carbons (Fsp3) is 0.136. The number of hydrogen-bond acceptors (Lipinski definition) is 6. The van der Waals surface area contributed by atoms with Crippen LogP contribution in [0, 0.1) is 11.8 Å². The quantitative estimate of drug-likeness (QED) is 0.525. The average molecular weight is 424 g/mol. The lowest BCUT2D eigenvalue weighted by Gasteiger charge is -2.17. The Hall–Kier alpha value is -4.03. The number of nitrogens with two attached hydrogens (primary N) is 1. The molecule has 1 heterocycles. The number of anilines is 1. The average Bonchev–Trinajstić information content (AvgIpc) is 2.77. The van der Waals surface area contributed by atoms with Gasteiger partial charge in [-0.3, -0.25) is 4.79 Å². The molecule has 0 radical (unpaired) electrons. The molecule has 7 nitrogen and oxygen atoms in total. The van der Waals surface area contributed by atoms with Gasteiger partial charge in [-0.2, -0.15) is 8.78 Å². The minimum absolute atomic E-state index is 0.0777. The van der Waals surface area contributed by atoms with Crippen molar-refractivity contribution in [1.29, 1.82) is 0 Å². The van der Waals surface area contributed by atoms with Gasteiger partial charge < -0.3 is 20.9 Å². The van der Waals surface area contributed by atoms with Crippen LogP contribution in [0.3, 0.4) is 0 Å². The highest BCUT2D eigenvalue weighted by Gasteiger charge is 2.18. The van der Waals surface area contributed by atoms with E-state index in [9.17, 15) is 18.7 Å². The van der Waals surface area contributed by atoms with Gasteiger partial charge in [-0.1, -0.05) is 42.2 Å². The molecule has 0 bridgehead atoms. The molecule has 0 aliphatic heterocycles. The summed E-state index contributed by atoms with van der Waals surface area (Å²) in [5.74, 6) is 4.91. The number of benzene rings is 2. The first-order valence-corrected chi connectivity index (χ1v) is 9.11. The van der Waals surface area contributed by atoms with Crippen molar-refractivity contribution >= 4 is 11.9 Å². The van der Waals surface area contributed by atoms with Crippen LogP contribution in [0.1, 0.15) is 33.1 Å². The van der Waals surface area contributed by atoms with E-state index in [0.717, 1.165) is 0 Å². The van der Waals surface area contributed by atoms with Crippen LogP contribution < -0.4 is 15.8 Å². The molecule has 0 aliphatic carbocycles. The Morgan fingerprint density at radius 2 is 1.84 bits per heavy atom. The van der Waals surface area contributed by atoms with Gasteiger partial charge in [0.1, 0.15) is 5.75 Å². The third-order valence-electron chi connectivity index (χ3n) is 4.16. The van der Waals surface area contributed by atoms with Gasteiger partial charge >= 0.3 is 6.61 Å². The SMILES string of the molecule is Nc1ncc(C#Cc2cc(OC(F)F)ccc2C(=O)N[C@H](CO)c2ccccc2)cn1. The maximum absolute atomic E-state index is 12.9. The van der Waals surface area contributed by atoms with E-state index >= 15 is 0 Å². The van der Waals surface area contributed by atoms with Gasteiger partial charge in [-0.05, 0) is 23.8 Å². The zero-order valence-corrected chi connectivity index (χ0v) is 16.1. The second-order valence-corrected chi connectivity index (χ2v) is 6.29. The predicted molar refractivity (Wildman–Crippen MR) is 109 cm³/mol. The molecule has 0 saturated carbocycles. The van der Waals surface area contributed by atoms with Gasteiger partial charge in [0, 0.05) is 18.0 Å². The van der Waals surface area contributed by atoms with Crippen molar-refractivity contribution in [1.82, 2.24) is 15.3 Å².